The van der Waals surface area contributed by atoms with Gasteiger partial charge in [0.15, 0.2) is 6.29 Å². The van der Waals surface area contributed by atoms with E-state index in [2.05, 4.69) is 0 Å². The largest absolute Gasteiger partial charge is 0.396 e. The second-order valence-corrected chi connectivity index (χ2v) is 19.0. The lowest BCUT2D eigenvalue weighted by molar-refractivity contribution is -0.120. The lowest BCUT2D eigenvalue weighted by Gasteiger charge is -2.13. The molecule has 0 rings (SSSR count). The molecule has 80 heavy (non-hydrogen) atoms. The fraction of sp³-hybridized carbons (Fsp3) is 0.857. The quantitative estimate of drug-likeness (QED) is 0.0297. The van der Waals surface area contributed by atoms with Crippen molar-refractivity contribution in [1.82, 2.24) is 0 Å². The van der Waals surface area contributed by atoms with E-state index in [0.29, 0.717) is 140 Å². The summed E-state index contributed by atoms with van der Waals surface area (Å²) in [6, 6.07) is 0. The topological polar surface area (TPSA) is 460 Å². The van der Waals surface area contributed by atoms with Gasteiger partial charge in [-0.3, -0.25) is 0 Å². The first-order chi connectivity index (χ1) is 37.7. The van der Waals surface area contributed by atoms with Crippen molar-refractivity contribution in [3.8, 4) is 0 Å². The Morgan fingerprint density at radius 3 is 1.16 bits per heavy atom. The summed E-state index contributed by atoms with van der Waals surface area (Å²) in [5.41, 5.74) is 0. The van der Waals surface area contributed by atoms with Crippen LogP contribution in [0.25, 0.3) is 0 Å². The van der Waals surface area contributed by atoms with Crippen LogP contribution < -0.4 is 0 Å². The minimum Gasteiger partial charge on any atom is -0.396 e. The zero-order valence-corrected chi connectivity index (χ0v) is 49.1. The van der Waals surface area contributed by atoms with E-state index in [1.54, 1.807) is 13.8 Å². The van der Waals surface area contributed by atoms with Crippen LogP contribution in [0.3, 0.4) is 0 Å². The molecule has 0 radical (unpaired) electrons. The van der Waals surface area contributed by atoms with Gasteiger partial charge in [0.25, 0.3) is 0 Å². The number of carbonyl (C=O) groups is 8. The molecule has 0 aromatic rings. The van der Waals surface area contributed by atoms with Gasteiger partial charge in [0.05, 0.1) is 61.0 Å². The van der Waals surface area contributed by atoms with Gasteiger partial charge in [-0.2, -0.15) is 0 Å². The Morgan fingerprint density at radius 1 is 0.312 bits per heavy atom. The first-order valence-electron chi connectivity index (χ1n) is 28.1. The molecule has 0 saturated carbocycles. The van der Waals surface area contributed by atoms with Crippen LogP contribution in [0.1, 0.15) is 209 Å². The summed E-state index contributed by atoms with van der Waals surface area (Å²) < 4.78 is 0. The molecule has 0 aromatic carbocycles. The molecule has 0 spiro atoms. The van der Waals surface area contributed by atoms with Crippen molar-refractivity contribution < 1.29 is 120 Å². The van der Waals surface area contributed by atoms with Gasteiger partial charge in [0, 0.05) is 32.3 Å². The Hall–Kier alpha value is -3.28. The van der Waals surface area contributed by atoms with Gasteiger partial charge in [-0.05, 0) is 110 Å². The van der Waals surface area contributed by atoms with E-state index in [9.17, 15) is 38.4 Å². The number of hydrogen-bond acceptors (Lipinski definition) is 24. The molecule has 0 heterocycles. The second-order valence-electron chi connectivity index (χ2n) is 19.0. The molecule has 16 N–H and O–H groups in total. The highest BCUT2D eigenvalue weighted by Gasteiger charge is 2.15. The lowest BCUT2D eigenvalue weighted by Crippen LogP contribution is -2.26. The minimum atomic E-state index is -1.20. The van der Waals surface area contributed by atoms with Gasteiger partial charge < -0.3 is 120 Å². The lowest BCUT2D eigenvalue weighted by atomic mass is 10.1. The monoisotopic (exact) mass is 1170 g/mol. The van der Waals surface area contributed by atoms with E-state index >= 15 is 0 Å². The molecular formula is C56H112O24. The van der Waals surface area contributed by atoms with Crippen LogP contribution in [-0.4, -0.2) is 230 Å². The highest BCUT2D eigenvalue weighted by atomic mass is 16.3. The highest BCUT2D eigenvalue weighted by molar-refractivity contribution is 5.57. The van der Waals surface area contributed by atoms with E-state index in [0.717, 1.165) is 44.9 Å². The van der Waals surface area contributed by atoms with Crippen LogP contribution in [-0.2, 0) is 38.4 Å². The smallest absolute Gasteiger partial charge is 0.151 e. The zero-order chi connectivity index (χ0) is 63.7. The van der Waals surface area contributed by atoms with Crippen LogP contribution in [0.5, 0.6) is 0 Å². The van der Waals surface area contributed by atoms with Gasteiger partial charge in [0.1, 0.15) is 74.5 Å². The predicted molar refractivity (Wildman–Crippen MR) is 301 cm³/mol. The van der Waals surface area contributed by atoms with Gasteiger partial charge >= 0.3 is 0 Å². The average Bonchev–Trinajstić information content (AvgIpc) is 3.43. The molecule has 15 unspecified atom stereocenters. The fourth-order valence-corrected chi connectivity index (χ4v) is 5.59. The number of aliphatic hydroxyl groups excluding tert-OH is 16. The molecule has 480 valence electrons. The standard InChI is InChI=1S/8C7H14O3/c1-6(9)2-3-7(10)4-5-8;1-6(9)3-2-4-7(10)5-8;1-2-6(9)5-7(10)3-4-8;1-2-6(9)3-4-7(10)5-8;1-2-3-6(9)4-7(10)5-8;1-2-3-6(9)7(10)4-5-8;1-2-3-4-6(9)7(10)5-8;8-5-3-1-2-4-7(10)6-9/h2*5-7,9-10H,2-4H2,1H3;4,6-7,9-10H,2-3,5H2,1H3;4*5-7,9-10H,2-4H2,1H3;6-8,10H,1-5H2. The predicted octanol–water partition coefficient (Wildman–Crippen LogP) is 0.780. The summed E-state index contributed by atoms with van der Waals surface area (Å²) in [5.74, 6) is 0. The molecule has 0 aromatic heterocycles. The Bertz CT molecular complexity index is 1300. The molecule has 0 aliphatic rings. The molecule has 0 fully saturated rings. The van der Waals surface area contributed by atoms with E-state index in [-0.39, 0.29) is 50.6 Å². The molecule has 0 aliphatic heterocycles. The third kappa shape index (κ3) is 88.5. The number of carbonyl (C=O) groups excluding carboxylic acids is 8. The van der Waals surface area contributed by atoms with Gasteiger partial charge in [-0.25, -0.2) is 0 Å². The Labute approximate surface area is 476 Å². The van der Waals surface area contributed by atoms with Crippen LogP contribution >= 0.6 is 0 Å². The van der Waals surface area contributed by atoms with E-state index in [4.69, 9.17) is 81.7 Å². The summed E-state index contributed by atoms with van der Waals surface area (Å²) in [6.45, 7) is 13.1. The zero-order valence-electron chi connectivity index (χ0n) is 49.1. The number of rotatable bonds is 41. The summed E-state index contributed by atoms with van der Waals surface area (Å²) >= 11 is 0. The SMILES string of the molecule is CC(O)CCC(O)CC=O.CC(O)CCCC(O)C=O.CCC(O)CC(O)CC=O.CCC(O)CCC(O)C=O.CCCC(O)C(O)CC=O.CCCC(O)CC(O)C=O.CCCCC(O)C(O)C=O.O=CC(O)CCCCCO. The van der Waals surface area contributed by atoms with Crippen LogP contribution in [0.4, 0.5) is 0 Å². The number of unbranched alkanes of at least 4 members (excludes halogenated alkanes) is 3. The summed E-state index contributed by atoms with van der Waals surface area (Å²) in [6.07, 6.45) is 7.60. The molecular weight excluding hydrogens is 1060 g/mol. The fourth-order valence-electron chi connectivity index (χ4n) is 5.59. The average molecular weight is 1170 g/mol. The second kappa shape index (κ2) is 73.7. The van der Waals surface area contributed by atoms with Crippen molar-refractivity contribution in [2.75, 3.05) is 6.61 Å². The highest BCUT2D eigenvalue weighted by Crippen LogP contribution is 2.08. The van der Waals surface area contributed by atoms with Crippen molar-refractivity contribution >= 4 is 50.3 Å². The first kappa shape index (κ1) is 93.1. The maximum Gasteiger partial charge on any atom is 0.151 e. The van der Waals surface area contributed by atoms with Gasteiger partial charge in [0.2, 0.25) is 0 Å². The summed E-state index contributed by atoms with van der Waals surface area (Å²) in [7, 11) is 0. The van der Waals surface area contributed by atoms with E-state index < -0.39 is 73.2 Å². The summed E-state index contributed by atoms with van der Waals surface area (Å²) in [5, 5.41) is 141. The molecule has 24 nitrogen and oxygen atoms in total. The Morgan fingerprint density at radius 2 is 0.762 bits per heavy atom. The molecule has 0 bridgehead atoms. The van der Waals surface area contributed by atoms with Gasteiger partial charge in [-0.15, -0.1) is 0 Å². The molecule has 24 heteroatoms. The van der Waals surface area contributed by atoms with Crippen molar-refractivity contribution in [3.05, 3.63) is 0 Å². The third-order valence-corrected chi connectivity index (χ3v) is 10.7. The molecule has 0 aliphatic carbocycles. The van der Waals surface area contributed by atoms with Crippen LogP contribution in [0.2, 0.25) is 0 Å². The minimum absolute atomic E-state index is 0.0289. The first-order valence-corrected chi connectivity index (χ1v) is 28.1. The normalized spacial score (nSPS) is 15.9. The number of aldehydes is 8. The summed E-state index contributed by atoms with van der Waals surface area (Å²) in [4.78, 5) is 78.9. The van der Waals surface area contributed by atoms with Crippen molar-refractivity contribution in [3.63, 3.8) is 0 Å². The Kier molecular flexibility index (Phi) is 85.8. The van der Waals surface area contributed by atoms with Crippen molar-refractivity contribution in [1.29, 1.82) is 0 Å². The van der Waals surface area contributed by atoms with Crippen LogP contribution in [0.15, 0.2) is 0 Å². The number of aliphatic hydroxyl groups is 16. The van der Waals surface area contributed by atoms with E-state index in [1.165, 1.54) is 0 Å². The van der Waals surface area contributed by atoms with Crippen LogP contribution in [0, 0.1) is 0 Å². The maximum atomic E-state index is 9.90. The molecule has 15 atom stereocenters. The molecule has 0 amide bonds. The van der Waals surface area contributed by atoms with Gasteiger partial charge in [-0.1, -0.05) is 73.1 Å². The van der Waals surface area contributed by atoms with E-state index in [1.807, 2.05) is 34.6 Å². The molecule has 0 saturated heterocycles. The number of hydrogen-bond donors (Lipinski definition) is 16. The third-order valence-electron chi connectivity index (χ3n) is 10.7. The maximum absolute atomic E-state index is 9.90. The Balaban J connectivity index is -0.000000123. The van der Waals surface area contributed by atoms with Crippen molar-refractivity contribution in [2.24, 2.45) is 0 Å². The van der Waals surface area contributed by atoms with Crippen molar-refractivity contribution in [2.45, 2.75) is 301 Å².